The summed E-state index contributed by atoms with van der Waals surface area (Å²) < 4.78 is 5.71. The predicted octanol–water partition coefficient (Wildman–Crippen LogP) is 3.74. The molecular weight excluding hydrogens is 387 g/mol. The quantitative estimate of drug-likeness (QED) is 0.378. The molecule has 136 valence electrons. The third kappa shape index (κ3) is 3.44. The summed E-state index contributed by atoms with van der Waals surface area (Å²) >= 11 is 6.14. The van der Waals surface area contributed by atoms with Crippen LogP contribution in [0.3, 0.4) is 0 Å². The van der Waals surface area contributed by atoms with Crippen molar-refractivity contribution < 1.29 is 9.66 Å². The molecule has 3 heterocycles. The fourth-order valence-corrected chi connectivity index (χ4v) is 3.46. The Hall–Kier alpha value is -2.76. The molecule has 9 heteroatoms. The monoisotopic (exact) mass is 400 g/mol. The third-order valence-corrected chi connectivity index (χ3v) is 4.97. The summed E-state index contributed by atoms with van der Waals surface area (Å²) in [5.41, 5.74) is 3.09. The first-order chi connectivity index (χ1) is 13.0. The van der Waals surface area contributed by atoms with E-state index in [1.54, 1.807) is 12.3 Å². The number of halogens is 1. The van der Waals surface area contributed by atoms with Crippen LogP contribution in [0.25, 0.3) is 11.3 Å². The maximum absolute atomic E-state index is 11.1. The van der Waals surface area contributed by atoms with Crippen molar-refractivity contribution in [1.29, 1.82) is 0 Å². The molecule has 1 aliphatic rings. The minimum absolute atomic E-state index is 0.197. The van der Waals surface area contributed by atoms with Crippen molar-refractivity contribution in [2.45, 2.75) is 0 Å². The maximum Gasteiger partial charge on any atom is 0.365 e. The summed E-state index contributed by atoms with van der Waals surface area (Å²) in [7, 11) is 2.67. The van der Waals surface area contributed by atoms with E-state index in [1.165, 1.54) is 12.3 Å². The molecule has 0 spiro atoms. The van der Waals surface area contributed by atoms with Crippen LogP contribution in [-0.2, 0) is 0 Å². The lowest BCUT2D eigenvalue weighted by Gasteiger charge is -2.31. The number of ether oxygens (including phenoxy) is 1. The van der Waals surface area contributed by atoms with Gasteiger partial charge in [0.05, 0.1) is 35.9 Å². The van der Waals surface area contributed by atoms with Crippen molar-refractivity contribution in [3.05, 3.63) is 63.9 Å². The molecule has 1 unspecified atom stereocenters. The molecule has 0 aliphatic carbocycles. The van der Waals surface area contributed by atoms with E-state index in [9.17, 15) is 10.1 Å². The highest BCUT2D eigenvalue weighted by atomic mass is 35.5. The van der Waals surface area contributed by atoms with Gasteiger partial charge in [-0.25, -0.2) is 0 Å². The third-order valence-electron chi connectivity index (χ3n) is 4.23. The van der Waals surface area contributed by atoms with E-state index < -0.39 is 4.92 Å². The smallest absolute Gasteiger partial charge is 0.365 e. The number of benzene rings is 1. The number of rotatable bonds is 3. The van der Waals surface area contributed by atoms with E-state index in [4.69, 9.17) is 16.3 Å². The van der Waals surface area contributed by atoms with Gasteiger partial charge in [0.15, 0.2) is 5.75 Å². The van der Waals surface area contributed by atoms with Crippen molar-refractivity contribution in [3.8, 4) is 17.0 Å². The summed E-state index contributed by atoms with van der Waals surface area (Å²) in [5.74, 6) is 0.425. The number of hydrogen-bond acceptors (Lipinski definition) is 6. The van der Waals surface area contributed by atoms with Gasteiger partial charge in [0.2, 0.25) is 0 Å². The highest BCUT2D eigenvalue weighted by Gasteiger charge is 2.23. The minimum atomic E-state index is -0.505. The molecule has 4 rings (SSSR count). The van der Waals surface area contributed by atoms with Gasteiger partial charge in [-0.15, -0.1) is 9.24 Å². The maximum atomic E-state index is 11.1. The number of fused-ring (bicyclic) bond motifs is 1. The Labute approximate surface area is 162 Å². The van der Waals surface area contributed by atoms with Crippen molar-refractivity contribution in [2.24, 2.45) is 0 Å². The standard InChI is InChI=1S/C18H14ClN4O3P/c19-11-1-2-17(27)13(7-11)14-9-15-16(10-21-14)26-6-5-22(15)12-3-4-20-18(8-12)23(24)25/h1-4,7-10H,5-6,27H2. The average Bonchev–Trinajstić information content (AvgIpc) is 2.69. The summed E-state index contributed by atoms with van der Waals surface area (Å²) in [6.45, 7) is 1.01. The second kappa shape index (κ2) is 7.10. The Kier molecular flexibility index (Phi) is 4.64. The van der Waals surface area contributed by atoms with Crippen molar-refractivity contribution >= 4 is 43.3 Å². The summed E-state index contributed by atoms with van der Waals surface area (Å²) in [6, 6.07) is 10.7. The molecule has 0 N–H and O–H groups in total. The Balaban J connectivity index is 1.81. The highest BCUT2D eigenvalue weighted by molar-refractivity contribution is 7.28. The van der Waals surface area contributed by atoms with E-state index in [1.807, 2.05) is 29.2 Å². The van der Waals surface area contributed by atoms with Crippen LogP contribution in [0, 0.1) is 10.1 Å². The van der Waals surface area contributed by atoms with E-state index in [2.05, 4.69) is 19.2 Å². The Morgan fingerprint density at radius 3 is 2.89 bits per heavy atom. The molecule has 0 amide bonds. The normalized spacial score (nSPS) is 13.0. The summed E-state index contributed by atoms with van der Waals surface area (Å²) in [4.78, 5) is 20.8. The fourth-order valence-electron chi connectivity index (χ4n) is 2.96. The molecule has 2 aromatic heterocycles. The molecule has 0 saturated heterocycles. The molecule has 7 nitrogen and oxygen atoms in total. The molecule has 0 bridgehead atoms. The predicted molar refractivity (Wildman–Crippen MR) is 107 cm³/mol. The Bertz CT molecular complexity index is 1050. The lowest BCUT2D eigenvalue weighted by atomic mass is 10.1. The highest BCUT2D eigenvalue weighted by Crippen LogP contribution is 2.39. The first kappa shape index (κ1) is 17.6. The number of nitro groups is 1. The van der Waals surface area contributed by atoms with Gasteiger partial charge in [-0.2, -0.15) is 0 Å². The molecule has 0 fully saturated rings. The van der Waals surface area contributed by atoms with Crippen molar-refractivity contribution in [3.63, 3.8) is 0 Å². The summed E-state index contributed by atoms with van der Waals surface area (Å²) in [6.07, 6.45) is 3.10. The first-order valence-electron chi connectivity index (χ1n) is 8.09. The van der Waals surface area contributed by atoms with E-state index >= 15 is 0 Å². The van der Waals surface area contributed by atoms with Crippen LogP contribution in [0.1, 0.15) is 0 Å². The van der Waals surface area contributed by atoms with Gasteiger partial charge in [-0.05, 0) is 33.4 Å². The molecule has 1 aromatic carbocycles. The SMILES string of the molecule is O=[N+]([O-])c1cc(N2CCOc3cnc(-c4cc(Cl)ccc4P)cc32)ccn1. The van der Waals surface area contributed by atoms with Crippen LogP contribution in [0.2, 0.25) is 5.02 Å². The molecule has 0 radical (unpaired) electrons. The Morgan fingerprint density at radius 1 is 1.22 bits per heavy atom. The number of aromatic nitrogens is 2. The lowest BCUT2D eigenvalue weighted by Crippen LogP contribution is -2.28. The molecule has 3 aromatic rings. The van der Waals surface area contributed by atoms with Crippen molar-refractivity contribution in [1.82, 2.24) is 9.97 Å². The van der Waals surface area contributed by atoms with Crippen LogP contribution in [-0.4, -0.2) is 28.0 Å². The fraction of sp³-hybridized carbons (Fsp3) is 0.111. The zero-order chi connectivity index (χ0) is 19.0. The van der Waals surface area contributed by atoms with Crippen LogP contribution >= 0.6 is 20.8 Å². The molecule has 1 aliphatic heterocycles. The van der Waals surface area contributed by atoms with Crippen LogP contribution < -0.4 is 14.9 Å². The van der Waals surface area contributed by atoms with Gasteiger partial charge in [0.25, 0.3) is 0 Å². The molecule has 0 saturated carbocycles. The zero-order valence-electron chi connectivity index (χ0n) is 14.0. The van der Waals surface area contributed by atoms with Crippen molar-refractivity contribution in [2.75, 3.05) is 18.1 Å². The summed E-state index contributed by atoms with van der Waals surface area (Å²) in [5, 5.41) is 12.7. The number of nitrogens with zero attached hydrogens (tertiary/aromatic N) is 4. The number of hydrogen-bond donors (Lipinski definition) is 0. The molecular formula is C18H14ClN4O3P. The molecule has 27 heavy (non-hydrogen) atoms. The minimum Gasteiger partial charge on any atom is -0.488 e. The lowest BCUT2D eigenvalue weighted by molar-refractivity contribution is -0.389. The van der Waals surface area contributed by atoms with E-state index in [-0.39, 0.29) is 5.82 Å². The number of anilines is 2. The second-order valence-electron chi connectivity index (χ2n) is 5.90. The molecule has 1 atom stereocenters. The van der Waals surface area contributed by atoms with E-state index in [0.717, 1.165) is 22.2 Å². The van der Waals surface area contributed by atoms with Crippen LogP contribution in [0.5, 0.6) is 5.75 Å². The topological polar surface area (TPSA) is 81.4 Å². The zero-order valence-corrected chi connectivity index (χ0v) is 15.9. The second-order valence-corrected chi connectivity index (χ2v) is 6.96. The van der Waals surface area contributed by atoms with Gasteiger partial charge in [0, 0.05) is 16.7 Å². The van der Waals surface area contributed by atoms with Gasteiger partial charge < -0.3 is 19.8 Å². The average molecular weight is 401 g/mol. The number of pyridine rings is 2. The van der Waals surface area contributed by atoms with Gasteiger partial charge >= 0.3 is 5.82 Å². The first-order valence-corrected chi connectivity index (χ1v) is 9.04. The largest absolute Gasteiger partial charge is 0.488 e. The van der Waals surface area contributed by atoms with Gasteiger partial charge in [0.1, 0.15) is 12.8 Å². The van der Waals surface area contributed by atoms with Gasteiger partial charge in [-0.3, -0.25) is 4.98 Å². The Morgan fingerprint density at radius 2 is 2.07 bits per heavy atom. The van der Waals surface area contributed by atoms with E-state index in [0.29, 0.717) is 29.6 Å². The van der Waals surface area contributed by atoms with Crippen LogP contribution in [0.15, 0.2) is 48.8 Å². The van der Waals surface area contributed by atoms with Gasteiger partial charge in [-0.1, -0.05) is 17.7 Å². The van der Waals surface area contributed by atoms with Crippen LogP contribution in [0.4, 0.5) is 17.2 Å².